The first-order valence-electron chi connectivity index (χ1n) is 15.6. The molecule has 0 aromatic rings. The van der Waals surface area contributed by atoms with Gasteiger partial charge in [-0.3, -0.25) is 4.79 Å². The second-order valence-corrected chi connectivity index (χ2v) is 9.25. The van der Waals surface area contributed by atoms with Crippen LogP contribution in [-0.2, 0) is 52.2 Å². The first kappa shape index (κ1) is 40.7. The van der Waals surface area contributed by atoms with Crippen molar-refractivity contribution in [3.63, 3.8) is 0 Å². The van der Waals surface area contributed by atoms with Crippen molar-refractivity contribution < 1.29 is 52.2 Å². The fraction of sp³-hybridized carbons (Fsp3) is 0.903. The van der Waals surface area contributed by atoms with Gasteiger partial charge in [-0.1, -0.05) is 51.4 Å². The summed E-state index contributed by atoms with van der Waals surface area (Å²) < 4.78 is 53.7. The van der Waals surface area contributed by atoms with E-state index in [2.05, 4.69) is 12.8 Å². The first-order valence-corrected chi connectivity index (χ1v) is 15.6. The van der Waals surface area contributed by atoms with E-state index in [9.17, 15) is 4.79 Å². The number of hydrogen-bond acceptors (Lipinski definition) is 11. The van der Waals surface area contributed by atoms with Crippen molar-refractivity contribution in [1.82, 2.24) is 0 Å². The maximum Gasteiger partial charge on any atom is 0.305 e. The molecule has 248 valence electrons. The van der Waals surface area contributed by atoms with Gasteiger partial charge in [-0.2, -0.15) is 0 Å². The monoisotopic (exact) mass is 606 g/mol. The van der Waals surface area contributed by atoms with Crippen molar-refractivity contribution in [2.24, 2.45) is 0 Å². The summed E-state index contributed by atoms with van der Waals surface area (Å²) in [5, 5.41) is 0. The molecule has 0 aliphatic carbocycles. The van der Waals surface area contributed by atoms with E-state index in [1.807, 2.05) is 0 Å². The molecule has 0 rings (SSSR count). The van der Waals surface area contributed by atoms with Crippen LogP contribution in [0.25, 0.3) is 0 Å². The third-order valence-electron chi connectivity index (χ3n) is 5.64. The van der Waals surface area contributed by atoms with Gasteiger partial charge in [0.05, 0.1) is 112 Å². The molecular formula is C31H58O11. The number of rotatable bonds is 36. The Kier molecular flexibility index (Phi) is 36.5. The van der Waals surface area contributed by atoms with Gasteiger partial charge >= 0.3 is 5.97 Å². The van der Waals surface area contributed by atoms with E-state index in [-0.39, 0.29) is 12.6 Å². The average molecular weight is 607 g/mol. The molecule has 0 radical (unpaired) electrons. The van der Waals surface area contributed by atoms with Crippen LogP contribution < -0.4 is 0 Å². The number of terminal acetylenes is 1. The van der Waals surface area contributed by atoms with Gasteiger partial charge in [0.1, 0.15) is 13.2 Å². The van der Waals surface area contributed by atoms with Gasteiger partial charge in [0, 0.05) is 6.42 Å². The zero-order valence-corrected chi connectivity index (χ0v) is 26.2. The quantitative estimate of drug-likeness (QED) is 0.0594. The lowest BCUT2D eigenvalue weighted by Gasteiger charge is -2.09. The Balaban J connectivity index is 3.10. The lowest BCUT2D eigenvalue weighted by molar-refractivity contribution is -0.145. The molecule has 0 heterocycles. The minimum Gasteiger partial charge on any atom is -0.463 e. The van der Waals surface area contributed by atoms with E-state index < -0.39 is 0 Å². The normalized spacial score (nSPS) is 11.1. The molecule has 0 aromatic carbocycles. The fourth-order valence-corrected chi connectivity index (χ4v) is 3.40. The van der Waals surface area contributed by atoms with Crippen LogP contribution in [0.4, 0.5) is 0 Å². The van der Waals surface area contributed by atoms with E-state index >= 15 is 0 Å². The standard InChI is InChI=1S/C31H58O11/c1-3-5-6-7-8-9-10-11-31(32)42-30-29-41-28-27-40-26-25-39-24-23-38-22-21-37-20-19-36-18-17-35-16-15-34-14-13-33-12-4-2/h2H,3,5-30H2,1H3. The molecule has 0 amide bonds. The lowest BCUT2D eigenvalue weighted by Crippen LogP contribution is -2.15. The molecule has 0 aliphatic heterocycles. The minimum atomic E-state index is -0.140. The van der Waals surface area contributed by atoms with Crippen molar-refractivity contribution in [3.05, 3.63) is 0 Å². The van der Waals surface area contributed by atoms with Crippen LogP contribution >= 0.6 is 0 Å². The van der Waals surface area contributed by atoms with Gasteiger partial charge in [-0.05, 0) is 6.42 Å². The maximum absolute atomic E-state index is 11.7. The Hall–Kier alpha value is -1.33. The second kappa shape index (κ2) is 37.7. The van der Waals surface area contributed by atoms with E-state index in [0.717, 1.165) is 12.8 Å². The Bertz CT molecular complexity index is 572. The summed E-state index contributed by atoms with van der Waals surface area (Å²) in [5.41, 5.74) is 0. The minimum absolute atomic E-state index is 0.140. The highest BCUT2D eigenvalue weighted by Crippen LogP contribution is 2.08. The van der Waals surface area contributed by atoms with Crippen molar-refractivity contribution in [2.45, 2.75) is 58.3 Å². The molecule has 0 N–H and O–H groups in total. The van der Waals surface area contributed by atoms with Crippen LogP contribution in [0.3, 0.4) is 0 Å². The van der Waals surface area contributed by atoms with Crippen LogP contribution in [0.15, 0.2) is 0 Å². The molecule has 0 atom stereocenters. The fourth-order valence-electron chi connectivity index (χ4n) is 3.40. The molecule has 0 saturated carbocycles. The van der Waals surface area contributed by atoms with Crippen molar-refractivity contribution in [3.8, 4) is 12.3 Å². The third-order valence-corrected chi connectivity index (χ3v) is 5.64. The molecule has 0 bridgehead atoms. The average Bonchev–Trinajstić information content (AvgIpc) is 2.99. The van der Waals surface area contributed by atoms with Crippen LogP contribution in [0.2, 0.25) is 0 Å². The summed E-state index contributed by atoms with van der Waals surface area (Å²) in [6.45, 7) is 11.2. The molecule has 42 heavy (non-hydrogen) atoms. The number of esters is 1. The second-order valence-electron chi connectivity index (χ2n) is 9.25. The summed E-state index contributed by atoms with van der Waals surface area (Å²) in [4.78, 5) is 11.7. The van der Waals surface area contributed by atoms with Crippen LogP contribution in [0.5, 0.6) is 0 Å². The number of carbonyl (C=O) groups excluding carboxylic acids is 1. The van der Waals surface area contributed by atoms with Crippen molar-refractivity contribution in [1.29, 1.82) is 0 Å². The van der Waals surface area contributed by atoms with Crippen LogP contribution in [0.1, 0.15) is 58.3 Å². The van der Waals surface area contributed by atoms with Crippen LogP contribution in [0, 0.1) is 12.3 Å². The number of hydrogen-bond donors (Lipinski definition) is 0. The molecule has 11 heteroatoms. The Morgan fingerprint density at radius 3 is 1.12 bits per heavy atom. The molecule has 0 aromatic heterocycles. The zero-order valence-electron chi connectivity index (χ0n) is 26.2. The van der Waals surface area contributed by atoms with Gasteiger partial charge in [0.2, 0.25) is 0 Å². The van der Waals surface area contributed by atoms with E-state index in [1.54, 1.807) is 0 Å². The third kappa shape index (κ3) is 36.7. The molecule has 0 fully saturated rings. The predicted molar refractivity (Wildman–Crippen MR) is 160 cm³/mol. The molecule has 0 spiro atoms. The SMILES string of the molecule is C#CCOCCOCCOCCOCCOCCOCCOCCOCCOCCOC(=O)CCCCCCCCC. The zero-order chi connectivity index (χ0) is 30.4. The summed E-state index contributed by atoms with van der Waals surface area (Å²) in [6, 6.07) is 0. The van der Waals surface area contributed by atoms with E-state index in [0.29, 0.717) is 125 Å². The largest absolute Gasteiger partial charge is 0.463 e. The summed E-state index contributed by atoms with van der Waals surface area (Å²) in [6.07, 6.45) is 13.9. The molecule has 11 nitrogen and oxygen atoms in total. The summed E-state index contributed by atoms with van der Waals surface area (Å²) >= 11 is 0. The number of ether oxygens (including phenoxy) is 10. The lowest BCUT2D eigenvalue weighted by atomic mass is 10.1. The Morgan fingerprint density at radius 2 is 0.762 bits per heavy atom. The predicted octanol–water partition coefficient (Wildman–Crippen LogP) is 3.45. The van der Waals surface area contributed by atoms with Crippen molar-refractivity contribution in [2.75, 3.05) is 126 Å². The summed E-state index contributed by atoms with van der Waals surface area (Å²) in [5.74, 6) is 2.26. The van der Waals surface area contributed by atoms with Gasteiger partial charge in [-0.15, -0.1) is 6.42 Å². The maximum atomic E-state index is 11.7. The summed E-state index contributed by atoms with van der Waals surface area (Å²) in [7, 11) is 0. The molecule has 0 aliphatic rings. The molecular weight excluding hydrogens is 548 g/mol. The van der Waals surface area contributed by atoms with Gasteiger partial charge in [0.15, 0.2) is 0 Å². The topological polar surface area (TPSA) is 109 Å². The highest BCUT2D eigenvalue weighted by atomic mass is 16.6. The highest BCUT2D eigenvalue weighted by molar-refractivity contribution is 5.69. The number of unbranched alkanes of at least 4 members (excludes halogenated alkanes) is 6. The number of carbonyl (C=O) groups is 1. The smallest absolute Gasteiger partial charge is 0.305 e. The van der Waals surface area contributed by atoms with Gasteiger partial charge in [0.25, 0.3) is 0 Å². The highest BCUT2D eigenvalue weighted by Gasteiger charge is 2.02. The van der Waals surface area contributed by atoms with Gasteiger partial charge in [-0.25, -0.2) is 0 Å². The van der Waals surface area contributed by atoms with Gasteiger partial charge < -0.3 is 47.4 Å². The Morgan fingerprint density at radius 1 is 0.452 bits per heavy atom. The Labute approximate surface area is 254 Å². The van der Waals surface area contributed by atoms with E-state index in [4.69, 9.17) is 53.8 Å². The molecule has 0 unspecified atom stereocenters. The van der Waals surface area contributed by atoms with Crippen LogP contribution in [-0.4, -0.2) is 132 Å². The van der Waals surface area contributed by atoms with Crippen molar-refractivity contribution >= 4 is 5.97 Å². The molecule has 0 saturated heterocycles. The van der Waals surface area contributed by atoms with E-state index in [1.165, 1.54) is 32.1 Å². The first-order chi connectivity index (χ1) is 20.8.